The fraction of sp³-hybridized carbons (Fsp3) is 0.100. The Bertz CT molecular complexity index is 331. The van der Waals surface area contributed by atoms with Crippen LogP contribution < -0.4 is 0 Å². The molecule has 1 aromatic carbocycles. The summed E-state index contributed by atoms with van der Waals surface area (Å²) in [5.74, 6) is -0.901. The summed E-state index contributed by atoms with van der Waals surface area (Å²) in [5, 5.41) is 0. The van der Waals surface area contributed by atoms with E-state index in [-0.39, 0.29) is 5.82 Å². The van der Waals surface area contributed by atoms with E-state index in [2.05, 4.69) is 10.8 Å². The minimum Gasteiger partial charge on any atom is -0.466 e. The van der Waals surface area contributed by atoms with Crippen LogP contribution >= 0.6 is 0 Å². The SMILES string of the molecule is COC(=O)/C=C/c1c[c]ccc1F. The topological polar surface area (TPSA) is 26.3 Å². The largest absolute Gasteiger partial charge is 0.466 e. The molecule has 1 radical (unpaired) electrons. The van der Waals surface area contributed by atoms with Crippen LogP contribution in [0, 0.1) is 11.9 Å². The normalized spacial score (nSPS) is 10.3. The minimum atomic E-state index is -0.511. The first-order valence-electron chi connectivity index (χ1n) is 3.65. The summed E-state index contributed by atoms with van der Waals surface area (Å²) in [6, 6.07) is 6.89. The number of halogens is 1. The second-order valence-electron chi connectivity index (χ2n) is 2.30. The first kappa shape index (κ1) is 9.45. The molecule has 0 aliphatic carbocycles. The summed E-state index contributed by atoms with van der Waals surface area (Å²) >= 11 is 0. The fourth-order valence-electron chi connectivity index (χ4n) is 0.778. The van der Waals surface area contributed by atoms with Crippen LogP contribution in [0.5, 0.6) is 0 Å². The van der Waals surface area contributed by atoms with Crippen LogP contribution in [0.2, 0.25) is 0 Å². The molecule has 0 fully saturated rings. The van der Waals surface area contributed by atoms with Crippen LogP contribution in [-0.4, -0.2) is 13.1 Å². The van der Waals surface area contributed by atoms with Gasteiger partial charge >= 0.3 is 5.97 Å². The van der Waals surface area contributed by atoms with Crippen molar-refractivity contribution in [3.63, 3.8) is 0 Å². The molecule has 67 valence electrons. The monoisotopic (exact) mass is 179 g/mol. The van der Waals surface area contributed by atoms with E-state index in [1.54, 1.807) is 0 Å². The van der Waals surface area contributed by atoms with E-state index in [4.69, 9.17) is 0 Å². The van der Waals surface area contributed by atoms with Gasteiger partial charge in [-0.25, -0.2) is 9.18 Å². The second-order valence-corrected chi connectivity index (χ2v) is 2.30. The van der Waals surface area contributed by atoms with Crippen molar-refractivity contribution >= 4 is 12.0 Å². The Balaban J connectivity index is 2.80. The average Bonchev–Trinajstić information content (AvgIpc) is 2.16. The molecule has 0 spiro atoms. The number of methoxy groups -OCH3 is 1. The molecular formula is C10H8FO2. The van der Waals surface area contributed by atoms with E-state index in [1.807, 2.05) is 0 Å². The maximum Gasteiger partial charge on any atom is 0.330 e. The van der Waals surface area contributed by atoms with Crippen molar-refractivity contribution in [2.45, 2.75) is 0 Å². The predicted molar refractivity (Wildman–Crippen MR) is 46.3 cm³/mol. The lowest BCUT2D eigenvalue weighted by atomic mass is 10.2. The van der Waals surface area contributed by atoms with Crippen molar-refractivity contribution < 1.29 is 13.9 Å². The van der Waals surface area contributed by atoms with E-state index in [0.29, 0.717) is 5.56 Å². The predicted octanol–water partition coefficient (Wildman–Crippen LogP) is 1.81. The summed E-state index contributed by atoms with van der Waals surface area (Å²) in [5.41, 5.74) is 0.313. The van der Waals surface area contributed by atoms with Gasteiger partial charge in [0.15, 0.2) is 0 Å². The third-order valence-corrected chi connectivity index (χ3v) is 1.44. The van der Waals surface area contributed by atoms with Crippen molar-refractivity contribution in [3.05, 3.63) is 41.7 Å². The minimum absolute atomic E-state index is 0.313. The molecule has 0 saturated heterocycles. The third kappa shape index (κ3) is 2.71. The highest BCUT2D eigenvalue weighted by Crippen LogP contribution is 2.07. The van der Waals surface area contributed by atoms with Crippen LogP contribution in [0.15, 0.2) is 24.3 Å². The highest BCUT2D eigenvalue weighted by atomic mass is 19.1. The van der Waals surface area contributed by atoms with Crippen molar-refractivity contribution in [3.8, 4) is 0 Å². The van der Waals surface area contributed by atoms with Crippen molar-refractivity contribution in [1.29, 1.82) is 0 Å². The van der Waals surface area contributed by atoms with Crippen molar-refractivity contribution in [2.24, 2.45) is 0 Å². The van der Waals surface area contributed by atoms with E-state index < -0.39 is 5.97 Å². The number of esters is 1. The molecule has 1 aromatic rings. The number of rotatable bonds is 2. The first-order valence-corrected chi connectivity index (χ1v) is 3.65. The highest BCUT2D eigenvalue weighted by molar-refractivity contribution is 5.86. The Labute approximate surface area is 75.6 Å². The average molecular weight is 179 g/mol. The highest BCUT2D eigenvalue weighted by Gasteiger charge is 1.96. The maximum absolute atomic E-state index is 12.9. The van der Waals surface area contributed by atoms with Gasteiger partial charge in [0, 0.05) is 11.6 Å². The van der Waals surface area contributed by atoms with Crippen LogP contribution in [0.3, 0.4) is 0 Å². The van der Waals surface area contributed by atoms with E-state index in [9.17, 15) is 9.18 Å². The molecule has 0 aromatic heterocycles. The molecule has 0 aliphatic rings. The molecule has 1 rings (SSSR count). The quantitative estimate of drug-likeness (QED) is 0.511. The van der Waals surface area contributed by atoms with Gasteiger partial charge in [-0.3, -0.25) is 0 Å². The van der Waals surface area contributed by atoms with Crippen LogP contribution in [0.25, 0.3) is 6.08 Å². The summed E-state index contributed by atoms with van der Waals surface area (Å²) < 4.78 is 17.3. The summed E-state index contributed by atoms with van der Waals surface area (Å²) in [6.07, 6.45) is 2.50. The number of hydrogen-bond acceptors (Lipinski definition) is 2. The second kappa shape index (κ2) is 4.40. The lowest BCUT2D eigenvalue weighted by Crippen LogP contribution is -1.93. The molecule has 0 heterocycles. The van der Waals surface area contributed by atoms with Crippen molar-refractivity contribution in [1.82, 2.24) is 0 Å². The number of benzene rings is 1. The van der Waals surface area contributed by atoms with Gasteiger partial charge in [0.1, 0.15) is 5.82 Å². The number of ether oxygens (including phenoxy) is 1. The van der Waals surface area contributed by atoms with Crippen LogP contribution in [0.4, 0.5) is 4.39 Å². The Kier molecular flexibility index (Phi) is 3.20. The molecule has 0 N–H and O–H groups in total. The van der Waals surface area contributed by atoms with E-state index in [0.717, 1.165) is 6.08 Å². The van der Waals surface area contributed by atoms with E-state index in [1.165, 1.54) is 31.4 Å². The Morgan fingerprint density at radius 2 is 2.46 bits per heavy atom. The van der Waals surface area contributed by atoms with Gasteiger partial charge in [0.25, 0.3) is 0 Å². The lowest BCUT2D eigenvalue weighted by Gasteiger charge is -1.94. The molecule has 0 atom stereocenters. The maximum atomic E-state index is 12.9. The number of carbonyl (C=O) groups is 1. The zero-order valence-corrected chi connectivity index (χ0v) is 7.08. The number of hydrogen-bond donors (Lipinski definition) is 0. The Hall–Kier alpha value is -1.64. The van der Waals surface area contributed by atoms with Gasteiger partial charge in [-0.2, -0.15) is 0 Å². The number of carbonyl (C=O) groups excluding carboxylic acids is 1. The van der Waals surface area contributed by atoms with E-state index >= 15 is 0 Å². The molecular weight excluding hydrogens is 171 g/mol. The zero-order valence-electron chi connectivity index (χ0n) is 7.08. The molecule has 0 saturated carbocycles. The van der Waals surface area contributed by atoms with Gasteiger partial charge in [0.05, 0.1) is 7.11 Å². The molecule has 0 unspecified atom stereocenters. The molecule has 0 amide bonds. The standard InChI is InChI=1S/C10H8FO2/c1-13-10(12)7-6-8-4-2-3-5-9(8)11/h3-7H,1H3/b7-6+. The van der Waals surface area contributed by atoms with Crippen molar-refractivity contribution in [2.75, 3.05) is 7.11 Å². The first-order chi connectivity index (χ1) is 6.24. The molecule has 13 heavy (non-hydrogen) atoms. The third-order valence-electron chi connectivity index (χ3n) is 1.44. The van der Waals surface area contributed by atoms with Gasteiger partial charge in [-0.05, 0) is 24.3 Å². The molecule has 0 aliphatic heterocycles. The molecule has 3 heteroatoms. The van der Waals surface area contributed by atoms with Gasteiger partial charge in [0.2, 0.25) is 0 Å². The van der Waals surface area contributed by atoms with Gasteiger partial charge in [-0.1, -0.05) is 6.07 Å². The summed E-state index contributed by atoms with van der Waals surface area (Å²) in [7, 11) is 1.26. The molecule has 0 bridgehead atoms. The smallest absolute Gasteiger partial charge is 0.330 e. The summed E-state index contributed by atoms with van der Waals surface area (Å²) in [6.45, 7) is 0. The van der Waals surface area contributed by atoms with Gasteiger partial charge in [-0.15, -0.1) is 0 Å². The summed E-state index contributed by atoms with van der Waals surface area (Å²) in [4.78, 5) is 10.7. The zero-order chi connectivity index (χ0) is 9.68. The Morgan fingerprint density at radius 1 is 1.69 bits per heavy atom. The van der Waals surface area contributed by atoms with Crippen LogP contribution in [0.1, 0.15) is 5.56 Å². The van der Waals surface area contributed by atoms with Crippen LogP contribution in [-0.2, 0) is 9.53 Å². The Morgan fingerprint density at radius 3 is 3.08 bits per heavy atom. The fourth-order valence-corrected chi connectivity index (χ4v) is 0.778. The molecule has 2 nitrogen and oxygen atoms in total. The lowest BCUT2D eigenvalue weighted by molar-refractivity contribution is -0.134. The van der Waals surface area contributed by atoms with Gasteiger partial charge < -0.3 is 4.74 Å².